The Balaban J connectivity index is 1.91. The van der Waals surface area contributed by atoms with Gasteiger partial charge in [-0.25, -0.2) is 8.42 Å². The minimum atomic E-state index is -3.79. The van der Waals surface area contributed by atoms with Crippen LogP contribution >= 0.6 is 0 Å². The number of methoxy groups -OCH3 is 1. The molecule has 4 rings (SSSR count). The summed E-state index contributed by atoms with van der Waals surface area (Å²) < 4.78 is 34.1. The van der Waals surface area contributed by atoms with E-state index in [-0.39, 0.29) is 16.9 Å². The van der Waals surface area contributed by atoms with Gasteiger partial charge in [0.1, 0.15) is 5.75 Å². The minimum absolute atomic E-state index is 0.133. The summed E-state index contributed by atoms with van der Waals surface area (Å²) in [6.07, 6.45) is 1.83. The van der Waals surface area contributed by atoms with Gasteiger partial charge in [-0.3, -0.25) is 4.31 Å². The predicted molar refractivity (Wildman–Crippen MR) is 111 cm³/mol. The van der Waals surface area contributed by atoms with Crippen molar-refractivity contribution in [1.82, 2.24) is 0 Å². The van der Waals surface area contributed by atoms with E-state index in [1.807, 2.05) is 60.7 Å². The smallest absolute Gasteiger partial charge is 0.264 e. The molecule has 0 radical (unpaired) electrons. The first-order valence-corrected chi connectivity index (χ1v) is 10.5. The van der Waals surface area contributed by atoms with Crippen molar-refractivity contribution < 1.29 is 13.2 Å². The molecule has 0 aromatic heterocycles. The van der Waals surface area contributed by atoms with E-state index in [0.717, 1.165) is 11.1 Å². The first-order valence-electron chi connectivity index (χ1n) is 9.03. The summed E-state index contributed by atoms with van der Waals surface area (Å²) in [5.74, 6) is 0.482. The van der Waals surface area contributed by atoms with Crippen LogP contribution in [0.5, 0.6) is 5.75 Å². The van der Waals surface area contributed by atoms with E-state index < -0.39 is 10.0 Å². The van der Waals surface area contributed by atoms with Gasteiger partial charge >= 0.3 is 0 Å². The normalized spacial score (nSPS) is 18.5. The molecule has 0 saturated carbocycles. The quantitative estimate of drug-likeness (QED) is 0.580. The van der Waals surface area contributed by atoms with Crippen LogP contribution < -0.4 is 9.04 Å². The standard InChI is InChI=1S/C23H21NO3S/c1-3-20-21-11-7-8-12-22(21)24(23(20)17-9-5-4-6-10-17)28(25,26)19-15-13-18(27-2)14-16-19/h3-16,20,23H,1H2,2H3/t20-,23+/m0/s1. The van der Waals surface area contributed by atoms with Crippen LogP contribution in [0.3, 0.4) is 0 Å². The molecule has 4 nitrogen and oxygen atoms in total. The number of ether oxygens (including phenoxy) is 1. The molecule has 0 amide bonds. The fourth-order valence-corrected chi connectivity index (χ4v) is 5.51. The average Bonchev–Trinajstić information content (AvgIpc) is 3.09. The molecule has 2 atom stereocenters. The van der Waals surface area contributed by atoms with Crippen molar-refractivity contribution in [2.75, 3.05) is 11.4 Å². The van der Waals surface area contributed by atoms with Crippen molar-refractivity contribution in [3.05, 3.63) is 103 Å². The molecule has 0 saturated heterocycles. The van der Waals surface area contributed by atoms with Gasteiger partial charge < -0.3 is 4.74 Å². The Morgan fingerprint density at radius 2 is 1.57 bits per heavy atom. The number of rotatable bonds is 5. The van der Waals surface area contributed by atoms with Gasteiger partial charge in [-0.2, -0.15) is 0 Å². The number of anilines is 1. The lowest BCUT2D eigenvalue weighted by atomic mass is 9.91. The summed E-state index contributed by atoms with van der Waals surface area (Å²) in [6.45, 7) is 3.99. The SMILES string of the molecule is C=C[C@H]1c2ccccc2N(S(=O)(=O)c2ccc(OC)cc2)[C@@H]1c1ccccc1. The van der Waals surface area contributed by atoms with E-state index in [1.165, 1.54) is 4.31 Å². The lowest BCUT2D eigenvalue weighted by Crippen LogP contribution is -2.33. The zero-order valence-corrected chi connectivity index (χ0v) is 16.3. The molecule has 0 spiro atoms. The largest absolute Gasteiger partial charge is 0.497 e. The molecule has 1 aliphatic rings. The molecule has 3 aromatic carbocycles. The number of fused-ring (bicyclic) bond motifs is 1. The van der Waals surface area contributed by atoms with Crippen LogP contribution in [0.1, 0.15) is 23.1 Å². The van der Waals surface area contributed by atoms with Crippen molar-refractivity contribution in [2.45, 2.75) is 16.9 Å². The number of para-hydroxylation sites is 1. The fraction of sp³-hybridized carbons (Fsp3) is 0.130. The Bertz CT molecular complexity index is 1090. The lowest BCUT2D eigenvalue weighted by molar-refractivity contribution is 0.414. The fourth-order valence-electron chi connectivity index (χ4n) is 3.82. The molecule has 5 heteroatoms. The van der Waals surface area contributed by atoms with Crippen molar-refractivity contribution >= 4 is 15.7 Å². The number of nitrogens with zero attached hydrogens (tertiary/aromatic N) is 1. The molecule has 28 heavy (non-hydrogen) atoms. The highest BCUT2D eigenvalue weighted by atomic mass is 32.2. The number of hydrogen-bond donors (Lipinski definition) is 0. The van der Waals surface area contributed by atoms with Gasteiger partial charge in [-0.1, -0.05) is 54.6 Å². The zero-order chi connectivity index (χ0) is 19.7. The van der Waals surface area contributed by atoms with E-state index in [1.54, 1.807) is 31.4 Å². The van der Waals surface area contributed by atoms with Crippen molar-refractivity contribution in [3.8, 4) is 5.75 Å². The van der Waals surface area contributed by atoms with Gasteiger partial charge in [0, 0.05) is 5.92 Å². The van der Waals surface area contributed by atoms with E-state index in [4.69, 9.17) is 4.74 Å². The second kappa shape index (κ2) is 7.17. The summed E-state index contributed by atoms with van der Waals surface area (Å²) in [5, 5.41) is 0. The van der Waals surface area contributed by atoms with Gasteiger partial charge in [0.25, 0.3) is 10.0 Å². The highest BCUT2D eigenvalue weighted by Gasteiger charge is 2.44. The third-order valence-electron chi connectivity index (χ3n) is 5.14. The van der Waals surface area contributed by atoms with Gasteiger partial charge in [0.15, 0.2) is 0 Å². The third kappa shape index (κ3) is 2.88. The van der Waals surface area contributed by atoms with Crippen molar-refractivity contribution in [2.24, 2.45) is 0 Å². The monoisotopic (exact) mass is 391 g/mol. The summed E-state index contributed by atoms with van der Waals surface area (Å²) in [7, 11) is -2.23. The topological polar surface area (TPSA) is 46.6 Å². The van der Waals surface area contributed by atoms with Crippen LogP contribution in [0.25, 0.3) is 0 Å². The van der Waals surface area contributed by atoms with Crippen LogP contribution in [-0.2, 0) is 10.0 Å². The van der Waals surface area contributed by atoms with Crippen molar-refractivity contribution in [1.29, 1.82) is 0 Å². The summed E-state index contributed by atoms with van der Waals surface area (Å²) >= 11 is 0. The second-order valence-corrected chi connectivity index (χ2v) is 8.47. The number of sulfonamides is 1. The Morgan fingerprint density at radius 3 is 2.21 bits per heavy atom. The molecule has 0 fully saturated rings. The maximum Gasteiger partial charge on any atom is 0.264 e. The van der Waals surface area contributed by atoms with Crippen LogP contribution in [0.4, 0.5) is 5.69 Å². The molecule has 0 aliphatic carbocycles. The molecule has 0 unspecified atom stereocenters. The van der Waals surface area contributed by atoms with Crippen LogP contribution in [0.15, 0.2) is 96.4 Å². The number of hydrogen-bond acceptors (Lipinski definition) is 3. The van der Waals surface area contributed by atoms with Gasteiger partial charge in [0.05, 0.1) is 23.7 Å². The maximum atomic E-state index is 13.7. The molecule has 0 bridgehead atoms. The van der Waals surface area contributed by atoms with Gasteiger partial charge in [-0.05, 0) is 41.5 Å². The van der Waals surface area contributed by atoms with Crippen LogP contribution in [-0.4, -0.2) is 15.5 Å². The van der Waals surface area contributed by atoms with E-state index >= 15 is 0 Å². The molecule has 0 N–H and O–H groups in total. The highest BCUT2D eigenvalue weighted by molar-refractivity contribution is 7.92. The second-order valence-electron chi connectivity index (χ2n) is 6.65. The first-order chi connectivity index (χ1) is 13.6. The molecular formula is C23H21NO3S. The Labute approximate surface area is 165 Å². The molecule has 1 heterocycles. The molecule has 142 valence electrons. The van der Waals surface area contributed by atoms with Crippen molar-refractivity contribution in [3.63, 3.8) is 0 Å². The van der Waals surface area contributed by atoms with E-state index in [2.05, 4.69) is 6.58 Å². The third-order valence-corrected chi connectivity index (χ3v) is 6.95. The first kappa shape index (κ1) is 18.3. The Morgan fingerprint density at radius 1 is 0.929 bits per heavy atom. The zero-order valence-electron chi connectivity index (χ0n) is 15.5. The van der Waals surface area contributed by atoms with Crippen LogP contribution in [0.2, 0.25) is 0 Å². The summed E-state index contributed by atoms with van der Waals surface area (Å²) in [6, 6.07) is 23.4. The highest BCUT2D eigenvalue weighted by Crippen LogP contribution is 2.51. The lowest BCUT2D eigenvalue weighted by Gasteiger charge is -2.29. The Hall–Kier alpha value is -3.05. The summed E-state index contributed by atoms with van der Waals surface area (Å²) in [5.41, 5.74) is 2.58. The van der Waals surface area contributed by atoms with E-state index in [9.17, 15) is 8.42 Å². The average molecular weight is 391 g/mol. The number of benzene rings is 3. The molecular weight excluding hydrogens is 370 g/mol. The predicted octanol–water partition coefficient (Wildman–Crippen LogP) is 4.92. The minimum Gasteiger partial charge on any atom is -0.497 e. The molecule has 1 aliphatic heterocycles. The molecule has 3 aromatic rings. The van der Waals surface area contributed by atoms with E-state index in [0.29, 0.717) is 11.4 Å². The Kier molecular flexibility index (Phi) is 4.69. The van der Waals surface area contributed by atoms with Gasteiger partial charge in [0.2, 0.25) is 0 Å². The summed E-state index contributed by atoms with van der Waals surface area (Å²) in [4.78, 5) is 0.230. The van der Waals surface area contributed by atoms with Crippen LogP contribution in [0, 0.1) is 0 Å². The van der Waals surface area contributed by atoms with Gasteiger partial charge in [-0.15, -0.1) is 6.58 Å². The maximum absolute atomic E-state index is 13.7.